The number of benzene rings is 1. The molecule has 0 saturated carbocycles. The van der Waals surface area contributed by atoms with Crippen LogP contribution in [-0.2, 0) is 4.79 Å². The van der Waals surface area contributed by atoms with E-state index in [0.29, 0.717) is 12.2 Å². The zero-order valence-electron chi connectivity index (χ0n) is 10.4. The Morgan fingerprint density at radius 1 is 1.39 bits per heavy atom. The summed E-state index contributed by atoms with van der Waals surface area (Å²) in [6.45, 7) is 1.94. The number of carbonyl (C=O) groups excluding carboxylic acids is 2. The summed E-state index contributed by atoms with van der Waals surface area (Å²) < 4.78 is 0. The van der Waals surface area contributed by atoms with Crippen molar-refractivity contribution in [2.45, 2.75) is 18.2 Å². The number of urea groups is 1. The van der Waals surface area contributed by atoms with E-state index in [0.717, 1.165) is 16.1 Å². The zero-order valence-corrected chi connectivity index (χ0v) is 11.3. The highest BCUT2D eigenvalue weighted by atomic mass is 32.2. The van der Waals surface area contributed by atoms with E-state index >= 15 is 0 Å². The Balaban J connectivity index is 2.35. The summed E-state index contributed by atoms with van der Waals surface area (Å²) >= 11 is 1.56. The van der Waals surface area contributed by atoms with Crippen molar-refractivity contribution in [3.8, 4) is 0 Å². The van der Waals surface area contributed by atoms with Gasteiger partial charge in [0.2, 0.25) is 5.91 Å². The van der Waals surface area contributed by atoms with Crippen molar-refractivity contribution in [3.63, 3.8) is 0 Å². The largest absolute Gasteiger partial charge is 0.399 e. The molecule has 1 aromatic rings. The van der Waals surface area contributed by atoms with E-state index in [4.69, 9.17) is 5.73 Å². The Kier molecular flexibility index (Phi) is 5.51. The second-order valence-electron chi connectivity index (χ2n) is 3.74. The molecule has 0 atom stereocenters. The van der Waals surface area contributed by atoms with Crippen LogP contribution < -0.4 is 16.4 Å². The van der Waals surface area contributed by atoms with Crippen LogP contribution in [-0.4, -0.2) is 24.7 Å². The highest BCUT2D eigenvalue weighted by Crippen LogP contribution is 2.22. The number of thioether (sulfide) groups is 1. The topological polar surface area (TPSA) is 84.2 Å². The summed E-state index contributed by atoms with van der Waals surface area (Å²) in [4.78, 5) is 23.3. The van der Waals surface area contributed by atoms with Gasteiger partial charge in [-0.3, -0.25) is 10.1 Å². The van der Waals surface area contributed by atoms with Crippen molar-refractivity contribution in [1.29, 1.82) is 0 Å². The molecule has 1 aromatic carbocycles. The molecule has 1 rings (SSSR count). The second-order valence-corrected chi connectivity index (χ2v) is 4.91. The van der Waals surface area contributed by atoms with Gasteiger partial charge in [-0.2, -0.15) is 0 Å². The van der Waals surface area contributed by atoms with Crippen molar-refractivity contribution in [3.05, 3.63) is 23.8 Å². The lowest BCUT2D eigenvalue weighted by Crippen LogP contribution is -2.37. The van der Waals surface area contributed by atoms with Gasteiger partial charge in [-0.1, -0.05) is 0 Å². The number of hydrogen-bond acceptors (Lipinski definition) is 4. The second kappa shape index (κ2) is 6.90. The van der Waals surface area contributed by atoms with Gasteiger partial charge >= 0.3 is 6.03 Å². The highest BCUT2D eigenvalue weighted by molar-refractivity contribution is 7.99. The highest BCUT2D eigenvalue weighted by Gasteiger charge is 2.06. The number of anilines is 1. The third-order valence-corrected chi connectivity index (χ3v) is 3.31. The molecular weight excluding hydrogens is 250 g/mol. The van der Waals surface area contributed by atoms with Gasteiger partial charge in [-0.15, -0.1) is 11.8 Å². The molecule has 5 nitrogen and oxygen atoms in total. The average molecular weight is 267 g/mol. The first-order chi connectivity index (χ1) is 8.52. The number of imide groups is 1. The van der Waals surface area contributed by atoms with Crippen LogP contribution in [0.3, 0.4) is 0 Å². The maximum atomic E-state index is 11.3. The Labute approximate surface area is 111 Å². The van der Waals surface area contributed by atoms with Crippen LogP contribution in [0.2, 0.25) is 0 Å². The number of nitrogens with one attached hydrogen (secondary N) is 2. The van der Waals surface area contributed by atoms with Crippen molar-refractivity contribution in [1.82, 2.24) is 10.6 Å². The van der Waals surface area contributed by atoms with Crippen LogP contribution in [0.5, 0.6) is 0 Å². The zero-order chi connectivity index (χ0) is 13.5. The Morgan fingerprint density at radius 2 is 2.11 bits per heavy atom. The molecule has 0 bridgehead atoms. The van der Waals surface area contributed by atoms with E-state index < -0.39 is 6.03 Å². The third-order valence-electron chi connectivity index (χ3n) is 2.32. The van der Waals surface area contributed by atoms with Crippen molar-refractivity contribution >= 4 is 29.4 Å². The van der Waals surface area contributed by atoms with Crippen molar-refractivity contribution in [2.24, 2.45) is 0 Å². The first-order valence-corrected chi connectivity index (χ1v) is 6.52. The maximum absolute atomic E-state index is 11.3. The van der Waals surface area contributed by atoms with Crippen LogP contribution in [0.1, 0.15) is 12.0 Å². The van der Waals surface area contributed by atoms with Gasteiger partial charge in [0.05, 0.1) is 0 Å². The van der Waals surface area contributed by atoms with E-state index in [9.17, 15) is 9.59 Å². The number of amides is 3. The lowest BCUT2D eigenvalue weighted by Gasteiger charge is -2.05. The van der Waals surface area contributed by atoms with Crippen LogP contribution in [0, 0.1) is 6.92 Å². The van der Waals surface area contributed by atoms with Gasteiger partial charge < -0.3 is 11.1 Å². The molecule has 0 aliphatic heterocycles. The molecule has 6 heteroatoms. The maximum Gasteiger partial charge on any atom is 0.321 e. The standard InChI is InChI=1S/C12H17N3O2S/c1-8-7-9(3-4-10(8)13)18-6-5-11(16)15-12(17)14-2/h3-4,7H,5-6,13H2,1-2H3,(H2,14,15,16,17). The summed E-state index contributed by atoms with van der Waals surface area (Å²) in [6.07, 6.45) is 0.293. The summed E-state index contributed by atoms with van der Waals surface area (Å²) in [6, 6.07) is 5.27. The lowest BCUT2D eigenvalue weighted by atomic mass is 10.2. The SMILES string of the molecule is CNC(=O)NC(=O)CCSc1ccc(N)c(C)c1. The molecule has 0 aliphatic rings. The van der Waals surface area contributed by atoms with Gasteiger partial charge in [0.25, 0.3) is 0 Å². The lowest BCUT2D eigenvalue weighted by molar-refractivity contribution is -0.119. The van der Waals surface area contributed by atoms with Crippen molar-refractivity contribution in [2.75, 3.05) is 18.5 Å². The molecule has 4 N–H and O–H groups in total. The van der Waals surface area contributed by atoms with E-state index in [-0.39, 0.29) is 5.91 Å². The van der Waals surface area contributed by atoms with Gasteiger partial charge in [0.15, 0.2) is 0 Å². The van der Waals surface area contributed by atoms with E-state index in [1.165, 1.54) is 7.05 Å². The summed E-state index contributed by atoms with van der Waals surface area (Å²) in [5, 5.41) is 4.54. The number of nitrogen functional groups attached to an aromatic ring is 1. The molecule has 0 fully saturated rings. The predicted molar refractivity (Wildman–Crippen MR) is 73.5 cm³/mol. The smallest absolute Gasteiger partial charge is 0.321 e. The minimum Gasteiger partial charge on any atom is -0.399 e. The molecule has 0 aliphatic carbocycles. The molecule has 0 spiro atoms. The van der Waals surface area contributed by atoms with Crippen LogP contribution in [0.25, 0.3) is 0 Å². The van der Waals surface area contributed by atoms with Gasteiger partial charge in [0, 0.05) is 29.8 Å². The monoisotopic (exact) mass is 267 g/mol. The fourth-order valence-electron chi connectivity index (χ4n) is 1.25. The van der Waals surface area contributed by atoms with Gasteiger partial charge in [-0.25, -0.2) is 4.79 Å². The van der Waals surface area contributed by atoms with E-state index in [1.807, 2.05) is 25.1 Å². The Morgan fingerprint density at radius 3 is 2.72 bits per heavy atom. The number of hydrogen-bond donors (Lipinski definition) is 3. The van der Waals surface area contributed by atoms with Crippen LogP contribution >= 0.6 is 11.8 Å². The summed E-state index contributed by atoms with van der Waals surface area (Å²) in [5.74, 6) is 0.334. The van der Waals surface area contributed by atoms with Gasteiger partial charge in [-0.05, 0) is 30.7 Å². The number of nitrogens with two attached hydrogens (primary N) is 1. The minimum absolute atomic E-state index is 0.283. The fourth-order valence-corrected chi connectivity index (χ4v) is 2.20. The molecule has 3 amide bonds. The number of carbonyl (C=O) groups is 2. The normalized spacial score (nSPS) is 9.89. The molecule has 0 aromatic heterocycles. The van der Waals surface area contributed by atoms with Crippen LogP contribution in [0.4, 0.5) is 10.5 Å². The quantitative estimate of drug-likeness (QED) is 0.570. The minimum atomic E-state index is -0.478. The van der Waals surface area contributed by atoms with Crippen LogP contribution in [0.15, 0.2) is 23.1 Å². The molecule has 0 heterocycles. The fraction of sp³-hybridized carbons (Fsp3) is 0.333. The molecular formula is C12H17N3O2S. The van der Waals surface area contributed by atoms with Gasteiger partial charge in [0.1, 0.15) is 0 Å². The summed E-state index contributed by atoms with van der Waals surface area (Å²) in [5.41, 5.74) is 7.50. The Hall–Kier alpha value is -1.69. The number of rotatable bonds is 4. The first-order valence-electron chi connectivity index (χ1n) is 5.53. The van der Waals surface area contributed by atoms with E-state index in [1.54, 1.807) is 11.8 Å². The summed E-state index contributed by atoms with van der Waals surface area (Å²) in [7, 11) is 1.47. The average Bonchev–Trinajstić information content (AvgIpc) is 2.33. The predicted octanol–water partition coefficient (Wildman–Crippen LogP) is 1.52. The van der Waals surface area contributed by atoms with E-state index in [2.05, 4.69) is 10.6 Å². The Bertz CT molecular complexity index is 449. The van der Waals surface area contributed by atoms with Crippen molar-refractivity contribution < 1.29 is 9.59 Å². The molecule has 98 valence electrons. The third kappa shape index (κ3) is 4.67. The molecule has 0 saturated heterocycles. The number of aryl methyl sites for hydroxylation is 1. The molecule has 0 unspecified atom stereocenters. The first kappa shape index (κ1) is 14.4. The molecule has 18 heavy (non-hydrogen) atoms. The molecule has 0 radical (unpaired) electrons.